The van der Waals surface area contributed by atoms with Crippen LogP contribution in [0.15, 0.2) is 0 Å². The minimum absolute atomic E-state index is 0.0764. The van der Waals surface area contributed by atoms with Gasteiger partial charge in [0.05, 0.1) is 5.54 Å². The van der Waals surface area contributed by atoms with Crippen LogP contribution in [0.2, 0.25) is 0 Å². The minimum Gasteiger partial charge on any atom is -0.341 e. The fourth-order valence-electron chi connectivity index (χ4n) is 1.18. The lowest BCUT2D eigenvalue weighted by molar-refractivity contribution is -0.135. The lowest BCUT2D eigenvalue weighted by atomic mass is 9.99. The van der Waals surface area contributed by atoms with Gasteiger partial charge in [-0.2, -0.15) is 0 Å². The first-order valence-electron chi connectivity index (χ1n) is 4.55. The molecule has 1 fully saturated rings. The highest BCUT2D eigenvalue weighted by atomic mass is 16.2. The first kappa shape index (κ1) is 9.52. The fraction of sp³-hybridized carbons (Fsp3) is 0.889. The molecular weight excluding hydrogens is 152 g/mol. The van der Waals surface area contributed by atoms with E-state index in [4.69, 9.17) is 5.73 Å². The molecule has 0 aromatic carbocycles. The molecule has 3 heteroatoms. The van der Waals surface area contributed by atoms with Crippen LogP contribution in [0.4, 0.5) is 0 Å². The summed E-state index contributed by atoms with van der Waals surface area (Å²) < 4.78 is 0. The molecule has 0 bridgehead atoms. The fourth-order valence-corrected chi connectivity index (χ4v) is 1.18. The highest BCUT2D eigenvalue weighted by Crippen LogP contribution is 2.27. The molecule has 1 aliphatic carbocycles. The molecule has 2 N–H and O–H groups in total. The van der Waals surface area contributed by atoms with Crippen molar-refractivity contribution in [2.75, 3.05) is 7.05 Å². The molecule has 1 rings (SSSR count). The van der Waals surface area contributed by atoms with Crippen LogP contribution in [0.1, 0.15) is 33.1 Å². The summed E-state index contributed by atoms with van der Waals surface area (Å²) in [4.78, 5) is 13.5. The number of amides is 1. The van der Waals surface area contributed by atoms with Crippen LogP contribution in [0.25, 0.3) is 0 Å². The molecule has 0 aromatic heterocycles. The van der Waals surface area contributed by atoms with Gasteiger partial charge in [0.1, 0.15) is 0 Å². The van der Waals surface area contributed by atoms with Crippen molar-refractivity contribution in [3.8, 4) is 0 Å². The molecule has 1 unspecified atom stereocenters. The van der Waals surface area contributed by atoms with E-state index >= 15 is 0 Å². The second-order valence-electron chi connectivity index (χ2n) is 3.92. The largest absolute Gasteiger partial charge is 0.341 e. The average Bonchev–Trinajstić information content (AvgIpc) is 2.84. The van der Waals surface area contributed by atoms with Crippen LogP contribution in [0.5, 0.6) is 0 Å². The molecule has 0 saturated heterocycles. The van der Waals surface area contributed by atoms with E-state index in [1.165, 1.54) is 0 Å². The number of carbonyl (C=O) groups is 1. The number of hydrogen-bond acceptors (Lipinski definition) is 2. The third kappa shape index (κ3) is 1.78. The monoisotopic (exact) mass is 170 g/mol. The van der Waals surface area contributed by atoms with Crippen molar-refractivity contribution in [3.63, 3.8) is 0 Å². The van der Waals surface area contributed by atoms with Gasteiger partial charge in [0.2, 0.25) is 5.91 Å². The predicted molar refractivity (Wildman–Crippen MR) is 48.7 cm³/mol. The molecule has 3 nitrogen and oxygen atoms in total. The molecule has 0 aliphatic heterocycles. The first-order chi connectivity index (χ1) is 5.49. The Balaban J connectivity index is 2.55. The van der Waals surface area contributed by atoms with Crippen molar-refractivity contribution in [2.24, 2.45) is 5.73 Å². The Morgan fingerprint density at radius 1 is 1.67 bits per heavy atom. The zero-order valence-corrected chi connectivity index (χ0v) is 8.13. The SMILES string of the molecule is CCC(C)(N)C(=O)N(C)C1CC1. The molecule has 0 spiro atoms. The third-order valence-electron chi connectivity index (χ3n) is 2.64. The van der Waals surface area contributed by atoms with Gasteiger partial charge in [0.15, 0.2) is 0 Å². The van der Waals surface area contributed by atoms with E-state index in [0.717, 1.165) is 12.8 Å². The predicted octanol–water partition coefficient (Wildman–Crippen LogP) is 0.735. The molecule has 1 atom stereocenters. The summed E-state index contributed by atoms with van der Waals surface area (Å²) in [6, 6.07) is 0.465. The number of carbonyl (C=O) groups excluding carboxylic acids is 1. The van der Waals surface area contributed by atoms with E-state index in [1.807, 2.05) is 14.0 Å². The van der Waals surface area contributed by atoms with Crippen LogP contribution >= 0.6 is 0 Å². The highest BCUT2D eigenvalue weighted by molar-refractivity contribution is 5.85. The number of rotatable bonds is 3. The van der Waals surface area contributed by atoms with Gasteiger partial charge in [-0.25, -0.2) is 0 Å². The van der Waals surface area contributed by atoms with Crippen LogP contribution in [0.3, 0.4) is 0 Å². The smallest absolute Gasteiger partial charge is 0.242 e. The van der Waals surface area contributed by atoms with Crippen molar-refractivity contribution in [1.82, 2.24) is 4.90 Å². The standard InChI is InChI=1S/C9H18N2O/c1-4-9(2,10)8(12)11(3)7-5-6-7/h7H,4-6,10H2,1-3H3. The molecule has 12 heavy (non-hydrogen) atoms. The Morgan fingerprint density at radius 2 is 2.17 bits per heavy atom. The zero-order valence-electron chi connectivity index (χ0n) is 8.13. The summed E-state index contributed by atoms with van der Waals surface area (Å²) >= 11 is 0. The second-order valence-corrected chi connectivity index (χ2v) is 3.92. The van der Waals surface area contributed by atoms with Crippen molar-refractivity contribution in [2.45, 2.75) is 44.7 Å². The molecule has 0 heterocycles. The van der Waals surface area contributed by atoms with E-state index in [2.05, 4.69) is 0 Å². The van der Waals surface area contributed by atoms with Gasteiger partial charge >= 0.3 is 0 Å². The molecular formula is C9H18N2O. The summed E-state index contributed by atoms with van der Waals surface area (Å²) in [7, 11) is 1.85. The summed E-state index contributed by atoms with van der Waals surface area (Å²) in [6.07, 6.45) is 2.98. The van der Waals surface area contributed by atoms with E-state index in [9.17, 15) is 4.79 Å². The topological polar surface area (TPSA) is 46.3 Å². The molecule has 1 aliphatic rings. The molecule has 1 amide bonds. The molecule has 70 valence electrons. The lowest BCUT2D eigenvalue weighted by Gasteiger charge is -2.28. The van der Waals surface area contributed by atoms with Gasteiger partial charge in [-0.05, 0) is 26.2 Å². The Labute approximate surface area is 73.9 Å². The Bertz CT molecular complexity index is 185. The van der Waals surface area contributed by atoms with Crippen LogP contribution in [-0.2, 0) is 4.79 Å². The highest BCUT2D eigenvalue weighted by Gasteiger charge is 2.36. The van der Waals surface area contributed by atoms with E-state index in [-0.39, 0.29) is 5.91 Å². The van der Waals surface area contributed by atoms with Crippen LogP contribution in [0, 0.1) is 0 Å². The molecule has 0 aromatic rings. The van der Waals surface area contributed by atoms with Gasteiger partial charge in [-0.15, -0.1) is 0 Å². The van der Waals surface area contributed by atoms with E-state index < -0.39 is 5.54 Å². The molecule has 0 radical (unpaired) electrons. The van der Waals surface area contributed by atoms with Crippen molar-refractivity contribution in [3.05, 3.63) is 0 Å². The maximum atomic E-state index is 11.7. The maximum absolute atomic E-state index is 11.7. The summed E-state index contributed by atoms with van der Waals surface area (Å²) in [5.74, 6) is 0.0764. The van der Waals surface area contributed by atoms with E-state index in [0.29, 0.717) is 12.5 Å². The van der Waals surface area contributed by atoms with Crippen molar-refractivity contribution >= 4 is 5.91 Å². The summed E-state index contributed by atoms with van der Waals surface area (Å²) in [6.45, 7) is 3.74. The minimum atomic E-state index is -0.669. The van der Waals surface area contributed by atoms with Gasteiger partial charge in [0.25, 0.3) is 0 Å². The van der Waals surface area contributed by atoms with E-state index in [1.54, 1.807) is 11.8 Å². The van der Waals surface area contributed by atoms with Gasteiger partial charge in [0, 0.05) is 13.1 Å². The average molecular weight is 170 g/mol. The lowest BCUT2D eigenvalue weighted by Crippen LogP contribution is -2.52. The van der Waals surface area contributed by atoms with Crippen molar-refractivity contribution in [1.29, 1.82) is 0 Å². The number of nitrogens with zero attached hydrogens (tertiary/aromatic N) is 1. The Morgan fingerprint density at radius 3 is 2.50 bits per heavy atom. The number of nitrogens with two attached hydrogens (primary N) is 1. The van der Waals surface area contributed by atoms with Gasteiger partial charge < -0.3 is 10.6 Å². The zero-order chi connectivity index (χ0) is 9.35. The quantitative estimate of drug-likeness (QED) is 0.679. The maximum Gasteiger partial charge on any atom is 0.242 e. The summed E-state index contributed by atoms with van der Waals surface area (Å²) in [5.41, 5.74) is 5.17. The number of likely N-dealkylation sites (N-methyl/N-ethyl adjacent to an activating group) is 1. The molecule has 1 saturated carbocycles. The summed E-state index contributed by atoms with van der Waals surface area (Å²) in [5, 5.41) is 0. The third-order valence-corrected chi connectivity index (χ3v) is 2.64. The first-order valence-corrected chi connectivity index (χ1v) is 4.55. The Kier molecular flexibility index (Phi) is 2.42. The van der Waals surface area contributed by atoms with Crippen molar-refractivity contribution < 1.29 is 4.79 Å². The number of hydrogen-bond donors (Lipinski definition) is 1. The Hall–Kier alpha value is -0.570. The van der Waals surface area contributed by atoms with Gasteiger partial charge in [-0.1, -0.05) is 6.92 Å². The van der Waals surface area contributed by atoms with Crippen LogP contribution < -0.4 is 5.73 Å². The second kappa shape index (κ2) is 3.05. The van der Waals surface area contributed by atoms with Crippen LogP contribution in [-0.4, -0.2) is 29.4 Å². The normalized spacial score (nSPS) is 21.7. The van der Waals surface area contributed by atoms with Gasteiger partial charge in [-0.3, -0.25) is 4.79 Å².